The zero-order valence-electron chi connectivity index (χ0n) is 13.6. The van der Waals surface area contributed by atoms with Crippen LogP contribution in [-0.2, 0) is 6.54 Å². The first-order valence-electron chi connectivity index (χ1n) is 7.90. The molecular formula is C19H14BrN3O3. The lowest BCUT2D eigenvalue weighted by Gasteiger charge is -2.07. The van der Waals surface area contributed by atoms with Gasteiger partial charge in [-0.3, -0.25) is 0 Å². The molecule has 2 aromatic heterocycles. The molecule has 7 heteroatoms. The zero-order chi connectivity index (χ0) is 17.8. The van der Waals surface area contributed by atoms with Crippen LogP contribution in [0.1, 0.15) is 5.89 Å². The Kier molecular flexibility index (Phi) is 4.70. The van der Waals surface area contributed by atoms with Crippen LogP contribution in [-0.4, -0.2) is 10.1 Å². The van der Waals surface area contributed by atoms with E-state index in [0.29, 0.717) is 24.0 Å². The standard InChI is InChI=1S/C19H14BrN3O3/c20-13-3-7-15(8-4-13)25-16-9-5-14(6-10-16)21-12-18-22-19(23-26-18)17-2-1-11-24-17/h1-11,21H,12H2. The van der Waals surface area contributed by atoms with Crippen molar-refractivity contribution in [3.8, 4) is 23.1 Å². The third kappa shape index (κ3) is 3.94. The number of hydrogen-bond acceptors (Lipinski definition) is 6. The van der Waals surface area contributed by atoms with Gasteiger partial charge in [0.15, 0.2) is 5.76 Å². The van der Waals surface area contributed by atoms with Crippen molar-refractivity contribution in [2.45, 2.75) is 6.54 Å². The first-order chi connectivity index (χ1) is 12.8. The third-order valence-corrected chi connectivity index (χ3v) is 4.09. The van der Waals surface area contributed by atoms with Gasteiger partial charge in [-0.2, -0.15) is 4.98 Å². The van der Waals surface area contributed by atoms with Crippen LogP contribution in [0.5, 0.6) is 11.5 Å². The van der Waals surface area contributed by atoms with Crippen molar-refractivity contribution in [3.63, 3.8) is 0 Å². The molecule has 2 aromatic carbocycles. The lowest BCUT2D eigenvalue weighted by Crippen LogP contribution is -1.99. The van der Waals surface area contributed by atoms with Crippen molar-refractivity contribution in [1.29, 1.82) is 0 Å². The topological polar surface area (TPSA) is 73.3 Å². The molecule has 0 fully saturated rings. The van der Waals surface area contributed by atoms with Crippen LogP contribution >= 0.6 is 15.9 Å². The van der Waals surface area contributed by atoms with Gasteiger partial charge in [0, 0.05) is 10.2 Å². The molecule has 6 nitrogen and oxygen atoms in total. The molecule has 0 aliphatic carbocycles. The smallest absolute Gasteiger partial charge is 0.246 e. The summed E-state index contributed by atoms with van der Waals surface area (Å²) in [5.74, 6) is 3.03. The van der Waals surface area contributed by atoms with Gasteiger partial charge in [0.25, 0.3) is 0 Å². The van der Waals surface area contributed by atoms with Crippen LogP contribution in [0.2, 0.25) is 0 Å². The first-order valence-corrected chi connectivity index (χ1v) is 8.69. The van der Waals surface area contributed by atoms with Crippen molar-refractivity contribution in [3.05, 3.63) is 77.3 Å². The Morgan fingerprint density at radius 2 is 1.69 bits per heavy atom. The van der Waals surface area contributed by atoms with E-state index in [1.54, 1.807) is 18.4 Å². The third-order valence-electron chi connectivity index (χ3n) is 3.56. The number of hydrogen-bond donors (Lipinski definition) is 1. The lowest BCUT2D eigenvalue weighted by molar-refractivity contribution is 0.382. The number of rotatable bonds is 6. The van der Waals surface area contributed by atoms with Gasteiger partial charge in [0.05, 0.1) is 12.8 Å². The number of anilines is 1. The number of nitrogens with zero attached hydrogens (tertiary/aromatic N) is 2. The first kappa shape index (κ1) is 16.4. The second-order valence-corrected chi connectivity index (χ2v) is 6.34. The summed E-state index contributed by atoms with van der Waals surface area (Å²) in [5.41, 5.74) is 0.922. The van der Waals surface area contributed by atoms with E-state index in [0.717, 1.165) is 21.7 Å². The van der Waals surface area contributed by atoms with Gasteiger partial charge in [0.1, 0.15) is 11.5 Å². The fraction of sp³-hybridized carbons (Fsp3) is 0.0526. The Hall–Kier alpha value is -3.06. The van der Waals surface area contributed by atoms with Crippen LogP contribution < -0.4 is 10.1 Å². The maximum absolute atomic E-state index is 5.80. The Labute approximate surface area is 157 Å². The van der Waals surface area contributed by atoms with Gasteiger partial charge in [-0.15, -0.1) is 0 Å². The average molecular weight is 412 g/mol. The minimum Gasteiger partial charge on any atom is -0.461 e. The molecule has 0 aliphatic heterocycles. The molecule has 4 rings (SSSR count). The minimum atomic E-state index is 0.417. The molecule has 0 radical (unpaired) electrons. The normalized spacial score (nSPS) is 10.7. The van der Waals surface area contributed by atoms with Crippen molar-refractivity contribution in [1.82, 2.24) is 10.1 Å². The number of halogens is 1. The van der Waals surface area contributed by atoms with E-state index in [1.165, 1.54) is 0 Å². The Bertz CT molecular complexity index is 964. The minimum absolute atomic E-state index is 0.417. The molecule has 0 atom stereocenters. The second-order valence-electron chi connectivity index (χ2n) is 5.42. The molecule has 0 amide bonds. The highest BCUT2D eigenvalue weighted by Crippen LogP contribution is 2.24. The quantitative estimate of drug-likeness (QED) is 0.451. The molecule has 130 valence electrons. The van der Waals surface area contributed by atoms with E-state index in [4.69, 9.17) is 13.7 Å². The van der Waals surface area contributed by atoms with Gasteiger partial charge in [0.2, 0.25) is 11.7 Å². The number of ether oxygens (including phenoxy) is 1. The van der Waals surface area contributed by atoms with Crippen LogP contribution in [0.4, 0.5) is 5.69 Å². The van der Waals surface area contributed by atoms with E-state index in [9.17, 15) is 0 Å². The predicted molar refractivity (Wildman–Crippen MR) is 100.0 cm³/mol. The monoisotopic (exact) mass is 411 g/mol. The molecular weight excluding hydrogens is 398 g/mol. The van der Waals surface area contributed by atoms with E-state index < -0.39 is 0 Å². The highest BCUT2D eigenvalue weighted by atomic mass is 79.9. The Morgan fingerprint density at radius 1 is 0.962 bits per heavy atom. The largest absolute Gasteiger partial charge is 0.461 e. The highest BCUT2D eigenvalue weighted by Gasteiger charge is 2.10. The summed E-state index contributed by atoms with van der Waals surface area (Å²) < 4.78 is 17.3. The van der Waals surface area contributed by atoms with Crippen molar-refractivity contribution in [2.24, 2.45) is 0 Å². The summed E-state index contributed by atoms with van der Waals surface area (Å²) in [6, 6.07) is 18.9. The number of nitrogens with one attached hydrogen (secondary N) is 1. The fourth-order valence-electron chi connectivity index (χ4n) is 2.29. The Morgan fingerprint density at radius 3 is 2.38 bits per heavy atom. The molecule has 0 saturated carbocycles. The van der Waals surface area contributed by atoms with Gasteiger partial charge in [-0.25, -0.2) is 0 Å². The fourth-order valence-corrected chi connectivity index (χ4v) is 2.55. The summed E-state index contributed by atoms with van der Waals surface area (Å²) >= 11 is 3.40. The molecule has 0 bridgehead atoms. The van der Waals surface area contributed by atoms with E-state index in [-0.39, 0.29) is 0 Å². The number of aromatic nitrogens is 2. The average Bonchev–Trinajstić information content (AvgIpc) is 3.34. The van der Waals surface area contributed by atoms with Crippen LogP contribution in [0.25, 0.3) is 11.6 Å². The SMILES string of the molecule is Brc1ccc(Oc2ccc(NCc3nc(-c4ccco4)no3)cc2)cc1. The zero-order valence-corrected chi connectivity index (χ0v) is 15.1. The molecule has 0 spiro atoms. The van der Waals surface area contributed by atoms with E-state index >= 15 is 0 Å². The van der Waals surface area contributed by atoms with Gasteiger partial charge >= 0.3 is 0 Å². The van der Waals surface area contributed by atoms with Crippen molar-refractivity contribution in [2.75, 3.05) is 5.32 Å². The second kappa shape index (κ2) is 7.45. The van der Waals surface area contributed by atoms with Gasteiger partial charge < -0.3 is 19.0 Å². The van der Waals surface area contributed by atoms with Crippen LogP contribution in [0, 0.1) is 0 Å². The molecule has 2 heterocycles. The molecule has 0 unspecified atom stereocenters. The molecule has 1 N–H and O–H groups in total. The molecule has 0 saturated heterocycles. The molecule has 0 aliphatic rings. The lowest BCUT2D eigenvalue weighted by atomic mass is 10.3. The Balaban J connectivity index is 1.35. The molecule has 26 heavy (non-hydrogen) atoms. The van der Waals surface area contributed by atoms with Crippen molar-refractivity contribution >= 4 is 21.6 Å². The number of furan rings is 1. The van der Waals surface area contributed by atoms with E-state index in [1.807, 2.05) is 48.5 Å². The highest BCUT2D eigenvalue weighted by molar-refractivity contribution is 9.10. The van der Waals surface area contributed by atoms with Crippen LogP contribution in [0.3, 0.4) is 0 Å². The van der Waals surface area contributed by atoms with E-state index in [2.05, 4.69) is 31.4 Å². The maximum Gasteiger partial charge on any atom is 0.246 e. The maximum atomic E-state index is 5.80. The summed E-state index contributed by atoms with van der Waals surface area (Å²) in [6.07, 6.45) is 1.57. The van der Waals surface area contributed by atoms with Gasteiger partial charge in [-0.1, -0.05) is 21.1 Å². The summed E-state index contributed by atoms with van der Waals surface area (Å²) in [4.78, 5) is 4.29. The summed E-state index contributed by atoms with van der Waals surface area (Å²) in [7, 11) is 0. The number of benzene rings is 2. The van der Waals surface area contributed by atoms with Gasteiger partial charge in [-0.05, 0) is 60.7 Å². The van der Waals surface area contributed by atoms with Crippen molar-refractivity contribution < 1.29 is 13.7 Å². The van der Waals surface area contributed by atoms with Crippen LogP contribution in [0.15, 0.2) is 80.3 Å². The summed E-state index contributed by atoms with van der Waals surface area (Å²) in [6.45, 7) is 0.417. The molecule has 4 aromatic rings. The predicted octanol–water partition coefficient (Wildman–Crippen LogP) is 5.50. The summed E-state index contributed by atoms with van der Waals surface area (Å²) in [5, 5.41) is 7.12.